The van der Waals surface area contributed by atoms with Gasteiger partial charge in [-0.1, -0.05) is 50.2 Å². The molecule has 8 heteroatoms. The Morgan fingerprint density at radius 1 is 1.11 bits per heavy atom. The van der Waals surface area contributed by atoms with Crippen LogP contribution in [0.15, 0.2) is 60.1 Å². The largest absolute Gasteiger partial charge is 0.506 e. The fourth-order valence-corrected chi connectivity index (χ4v) is 4.10. The number of unbranched alkanes of at least 4 members (excludes halogenated alkanes) is 1. The van der Waals surface area contributed by atoms with Crippen molar-refractivity contribution in [1.82, 2.24) is 4.98 Å². The van der Waals surface area contributed by atoms with Gasteiger partial charge in [0, 0.05) is 17.1 Å². The second kappa shape index (κ2) is 11.8. The van der Waals surface area contributed by atoms with Gasteiger partial charge < -0.3 is 24.3 Å². The van der Waals surface area contributed by atoms with Crippen molar-refractivity contribution in [2.75, 3.05) is 14.2 Å². The maximum absolute atomic E-state index is 14.2. The van der Waals surface area contributed by atoms with Crippen LogP contribution in [0.4, 0.5) is 4.39 Å². The Labute approximate surface area is 214 Å². The fraction of sp³-hybridized carbons (Fsp3) is 0.250. The van der Waals surface area contributed by atoms with Gasteiger partial charge in [-0.25, -0.2) is 4.39 Å². The first-order valence-corrected chi connectivity index (χ1v) is 11.8. The number of pyridine rings is 1. The standard InChI is InChI=1S/C28H29ClFNO5/c1-6-7-9-21-25(26-22(34-4)10-8-11-23(26)35-5)27(32)24(28(33)31-21)17(3)36-16(2)14-18-12-13-19(29)15-20(18)30/h8,10-13,15H,2-3,6-7,9,14H2,1,4-5H3,(H2,31,32,33). The number of aromatic amines is 1. The van der Waals surface area contributed by atoms with Crippen molar-refractivity contribution >= 4 is 17.4 Å². The summed E-state index contributed by atoms with van der Waals surface area (Å²) in [5.74, 6) is 0.0633. The summed E-state index contributed by atoms with van der Waals surface area (Å²) in [6.45, 7) is 9.68. The molecule has 0 saturated carbocycles. The van der Waals surface area contributed by atoms with E-state index in [1.54, 1.807) is 24.3 Å². The zero-order valence-corrected chi connectivity index (χ0v) is 21.3. The molecule has 2 aromatic carbocycles. The molecule has 2 N–H and O–H groups in total. The second-order valence-electron chi connectivity index (χ2n) is 8.15. The number of aromatic hydroxyl groups is 1. The van der Waals surface area contributed by atoms with Crippen LogP contribution >= 0.6 is 11.6 Å². The molecule has 0 aliphatic carbocycles. The van der Waals surface area contributed by atoms with E-state index in [2.05, 4.69) is 18.1 Å². The van der Waals surface area contributed by atoms with Crippen molar-refractivity contribution in [3.05, 3.63) is 93.3 Å². The van der Waals surface area contributed by atoms with Crippen LogP contribution in [0.25, 0.3) is 16.9 Å². The number of H-pyrrole nitrogens is 1. The molecule has 0 amide bonds. The van der Waals surface area contributed by atoms with Gasteiger partial charge in [-0.15, -0.1) is 0 Å². The molecule has 0 radical (unpaired) electrons. The highest BCUT2D eigenvalue weighted by atomic mass is 35.5. The van der Waals surface area contributed by atoms with Crippen LogP contribution < -0.4 is 15.0 Å². The van der Waals surface area contributed by atoms with Crippen molar-refractivity contribution in [3.8, 4) is 28.4 Å². The molecule has 0 aliphatic heterocycles. The molecule has 0 aliphatic rings. The quantitative estimate of drug-likeness (QED) is 0.281. The predicted molar refractivity (Wildman–Crippen MR) is 140 cm³/mol. The number of aromatic nitrogens is 1. The molecule has 3 aromatic rings. The molecule has 1 aromatic heterocycles. The Balaban J connectivity index is 2.07. The predicted octanol–water partition coefficient (Wildman–Crippen LogP) is 6.64. The van der Waals surface area contributed by atoms with E-state index in [0.29, 0.717) is 40.3 Å². The van der Waals surface area contributed by atoms with E-state index < -0.39 is 11.4 Å². The molecule has 0 fully saturated rings. The van der Waals surface area contributed by atoms with E-state index in [9.17, 15) is 14.3 Å². The maximum Gasteiger partial charge on any atom is 0.263 e. The number of hydrogen-bond donors (Lipinski definition) is 2. The van der Waals surface area contributed by atoms with E-state index in [-0.39, 0.29) is 34.3 Å². The van der Waals surface area contributed by atoms with Crippen LogP contribution in [0.1, 0.15) is 36.6 Å². The minimum absolute atomic E-state index is 0.0163. The highest BCUT2D eigenvalue weighted by molar-refractivity contribution is 6.30. The minimum atomic E-state index is -0.577. The summed E-state index contributed by atoms with van der Waals surface area (Å²) in [5.41, 5.74) is 0.929. The highest BCUT2D eigenvalue weighted by Crippen LogP contribution is 2.45. The van der Waals surface area contributed by atoms with Crippen molar-refractivity contribution < 1.29 is 23.7 Å². The van der Waals surface area contributed by atoms with Gasteiger partial charge in [-0.05, 0) is 42.7 Å². The molecule has 0 spiro atoms. The number of methoxy groups -OCH3 is 2. The first-order valence-electron chi connectivity index (χ1n) is 11.4. The van der Waals surface area contributed by atoms with Crippen LogP contribution in [0.5, 0.6) is 17.2 Å². The van der Waals surface area contributed by atoms with Gasteiger partial charge >= 0.3 is 0 Å². The molecule has 1 heterocycles. The van der Waals surface area contributed by atoms with Gasteiger partial charge in [0.1, 0.15) is 40.1 Å². The van der Waals surface area contributed by atoms with E-state index >= 15 is 0 Å². The van der Waals surface area contributed by atoms with Crippen molar-refractivity contribution in [1.29, 1.82) is 0 Å². The van der Waals surface area contributed by atoms with Gasteiger partial charge in [0.2, 0.25) is 0 Å². The number of ether oxygens (including phenoxy) is 3. The van der Waals surface area contributed by atoms with Crippen LogP contribution in [-0.4, -0.2) is 24.3 Å². The van der Waals surface area contributed by atoms with Crippen molar-refractivity contribution in [2.45, 2.75) is 32.6 Å². The summed E-state index contributed by atoms with van der Waals surface area (Å²) in [5, 5.41) is 11.7. The van der Waals surface area contributed by atoms with Gasteiger partial charge in [0.25, 0.3) is 5.56 Å². The fourth-order valence-electron chi connectivity index (χ4n) is 3.94. The number of aryl methyl sites for hydroxylation is 1. The summed E-state index contributed by atoms with van der Waals surface area (Å²) >= 11 is 5.81. The van der Waals surface area contributed by atoms with Crippen LogP contribution in [-0.2, 0) is 17.6 Å². The molecule has 190 valence electrons. The van der Waals surface area contributed by atoms with Crippen LogP contribution in [0.2, 0.25) is 5.02 Å². The smallest absolute Gasteiger partial charge is 0.263 e. The number of hydrogen-bond acceptors (Lipinski definition) is 5. The molecule has 3 rings (SSSR count). The number of nitrogens with one attached hydrogen (secondary N) is 1. The lowest BCUT2D eigenvalue weighted by Crippen LogP contribution is -2.17. The number of rotatable bonds is 11. The Hall–Kier alpha value is -3.71. The Morgan fingerprint density at radius 3 is 2.36 bits per heavy atom. The monoisotopic (exact) mass is 513 g/mol. The molecule has 0 atom stereocenters. The lowest BCUT2D eigenvalue weighted by Gasteiger charge is -2.20. The Bertz CT molecular complexity index is 1330. The molecular weight excluding hydrogens is 485 g/mol. The van der Waals surface area contributed by atoms with Gasteiger partial charge in [-0.2, -0.15) is 0 Å². The van der Waals surface area contributed by atoms with Crippen LogP contribution in [0.3, 0.4) is 0 Å². The van der Waals surface area contributed by atoms with Crippen molar-refractivity contribution in [2.24, 2.45) is 0 Å². The van der Waals surface area contributed by atoms with E-state index in [4.69, 9.17) is 25.8 Å². The normalized spacial score (nSPS) is 10.7. The third-order valence-electron chi connectivity index (χ3n) is 5.67. The summed E-state index contributed by atoms with van der Waals surface area (Å²) in [4.78, 5) is 15.9. The third kappa shape index (κ3) is 5.74. The Morgan fingerprint density at radius 2 is 1.78 bits per heavy atom. The number of allylic oxidation sites excluding steroid dienone is 1. The zero-order valence-electron chi connectivity index (χ0n) is 20.5. The topological polar surface area (TPSA) is 80.8 Å². The molecule has 0 unspecified atom stereocenters. The molecule has 36 heavy (non-hydrogen) atoms. The first kappa shape index (κ1) is 26.9. The van der Waals surface area contributed by atoms with E-state index in [0.717, 1.165) is 12.8 Å². The minimum Gasteiger partial charge on any atom is -0.506 e. The summed E-state index contributed by atoms with van der Waals surface area (Å²) < 4.78 is 31.0. The number of halogens is 2. The number of benzene rings is 2. The summed E-state index contributed by atoms with van der Waals surface area (Å²) in [6, 6.07) is 9.50. The van der Waals surface area contributed by atoms with Gasteiger partial charge in [0.05, 0.1) is 25.3 Å². The lowest BCUT2D eigenvalue weighted by atomic mass is 9.95. The van der Waals surface area contributed by atoms with Gasteiger partial charge in [0.15, 0.2) is 0 Å². The molecule has 0 bridgehead atoms. The van der Waals surface area contributed by atoms with E-state index in [1.807, 2.05) is 6.92 Å². The Kier molecular flexibility index (Phi) is 8.83. The third-order valence-corrected chi connectivity index (χ3v) is 5.91. The first-order chi connectivity index (χ1) is 17.2. The van der Waals surface area contributed by atoms with Gasteiger partial charge in [-0.3, -0.25) is 4.79 Å². The summed E-state index contributed by atoms with van der Waals surface area (Å²) in [6.07, 6.45) is 2.18. The van der Waals surface area contributed by atoms with Crippen molar-refractivity contribution in [3.63, 3.8) is 0 Å². The average molecular weight is 514 g/mol. The zero-order chi connectivity index (χ0) is 26.4. The average Bonchev–Trinajstić information content (AvgIpc) is 2.84. The second-order valence-corrected chi connectivity index (χ2v) is 8.59. The van der Waals surface area contributed by atoms with Crippen LogP contribution in [0, 0.1) is 5.82 Å². The maximum atomic E-state index is 14.2. The summed E-state index contributed by atoms with van der Waals surface area (Å²) in [7, 11) is 3.02. The van der Waals surface area contributed by atoms with E-state index in [1.165, 1.54) is 26.4 Å². The molecular formula is C28H29ClFNO5. The lowest BCUT2D eigenvalue weighted by molar-refractivity contribution is 0.368. The highest BCUT2D eigenvalue weighted by Gasteiger charge is 2.26. The SMILES string of the molecule is C=C(Cc1ccc(Cl)cc1F)OC(=C)c1c(O)c(-c2c(OC)cccc2OC)c(CCCC)[nH]c1=O. The molecule has 0 saturated heterocycles. The molecule has 6 nitrogen and oxygen atoms in total.